The van der Waals surface area contributed by atoms with E-state index < -0.39 is 6.10 Å². The van der Waals surface area contributed by atoms with Crippen molar-refractivity contribution >= 4 is 5.91 Å². The van der Waals surface area contributed by atoms with Gasteiger partial charge >= 0.3 is 0 Å². The quantitative estimate of drug-likeness (QED) is 0.704. The van der Waals surface area contributed by atoms with Crippen LogP contribution in [0.3, 0.4) is 0 Å². The molecule has 0 radical (unpaired) electrons. The predicted molar refractivity (Wildman–Crippen MR) is 121 cm³/mol. The van der Waals surface area contributed by atoms with Crippen molar-refractivity contribution in [2.75, 3.05) is 13.2 Å². The summed E-state index contributed by atoms with van der Waals surface area (Å²) in [4.78, 5) is 13.0. The number of aryl methyl sites for hydroxylation is 4. The van der Waals surface area contributed by atoms with Gasteiger partial charge in [0.15, 0.2) is 0 Å². The maximum atomic E-state index is 13.0. The molecule has 6 nitrogen and oxygen atoms in total. The van der Waals surface area contributed by atoms with E-state index in [1.165, 1.54) is 5.56 Å². The van der Waals surface area contributed by atoms with Crippen LogP contribution in [0.4, 0.5) is 0 Å². The van der Waals surface area contributed by atoms with Crippen LogP contribution in [0.2, 0.25) is 0 Å². The van der Waals surface area contributed by atoms with Gasteiger partial charge in [0.05, 0.1) is 18.0 Å². The van der Waals surface area contributed by atoms with Crippen LogP contribution in [0.5, 0.6) is 5.75 Å². The third-order valence-electron chi connectivity index (χ3n) is 6.77. The van der Waals surface area contributed by atoms with E-state index in [0.717, 1.165) is 46.7 Å². The molecule has 2 aromatic rings. The Morgan fingerprint density at radius 1 is 1.29 bits per heavy atom. The second-order valence-corrected chi connectivity index (χ2v) is 9.79. The van der Waals surface area contributed by atoms with Crippen molar-refractivity contribution < 1.29 is 19.7 Å². The van der Waals surface area contributed by atoms with Gasteiger partial charge in [0.1, 0.15) is 18.5 Å². The van der Waals surface area contributed by atoms with Gasteiger partial charge in [-0.15, -0.1) is 0 Å². The normalized spacial score (nSPS) is 18.5. The first-order valence-corrected chi connectivity index (χ1v) is 11.2. The zero-order valence-electron chi connectivity index (χ0n) is 19.7. The number of ether oxygens (including phenoxy) is 1. The summed E-state index contributed by atoms with van der Waals surface area (Å²) in [5.41, 5.74) is 6.52. The number of aliphatic hydroxyl groups is 2. The second kappa shape index (κ2) is 9.13. The van der Waals surface area contributed by atoms with Crippen LogP contribution in [0, 0.1) is 32.1 Å². The standard InChI is InChI=1S/C25H36N2O4/c1-15-9-19(10-16(2)24(15)31-14-20(29)13-28)7-8-23(30)27-22-11-17(3)25(5,6)12-21(22)18(4)26-27/h9-10,17,20,28-29H,7-8,11-14H2,1-6H3/t17-,20?/m1/s1. The van der Waals surface area contributed by atoms with Gasteiger partial charge in [0.25, 0.3) is 0 Å². The minimum Gasteiger partial charge on any atom is -0.490 e. The maximum absolute atomic E-state index is 13.0. The summed E-state index contributed by atoms with van der Waals surface area (Å²) in [6, 6.07) is 4.05. The predicted octanol–water partition coefficient (Wildman–Crippen LogP) is 3.57. The van der Waals surface area contributed by atoms with Crippen molar-refractivity contribution in [2.45, 2.75) is 73.3 Å². The Bertz CT molecular complexity index is 938. The third kappa shape index (κ3) is 5.01. The van der Waals surface area contributed by atoms with Crippen molar-refractivity contribution in [2.24, 2.45) is 11.3 Å². The van der Waals surface area contributed by atoms with Crippen LogP contribution in [0.15, 0.2) is 12.1 Å². The van der Waals surface area contributed by atoms with Crippen LogP contribution in [-0.2, 0) is 19.3 Å². The van der Waals surface area contributed by atoms with Crippen LogP contribution in [-0.4, -0.2) is 45.2 Å². The fourth-order valence-electron chi connectivity index (χ4n) is 4.45. The van der Waals surface area contributed by atoms with Crippen molar-refractivity contribution in [3.63, 3.8) is 0 Å². The van der Waals surface area contributed by atoms with E-state index in [-0.39, 0.29) is 24.5 Å². The molecule has 170 valence electrons. The van der Waals surface area contributed by atoms with Crippen LogP contribution < -0.4 is 4.74 Å². The average molecular weight is 429 g/mol. The molecule has 0 bridgehead atoms. The lowest BCUT2D eigenvalue weighted by atomic mass is 9.69. The Kier molecular flexibility index (Phi) is 6.92. The third-order valence-corrected chi connectivity index (χ3v) is 6.77. The largest absolute Gasteiger partial charge is 0.490 e. The van der Waals surface area contributed by atoms with E-state index in [9.17, 15) is 9.90 Å². The summed E-state index contributed by atoms with van der Waals surface area (Å²) in [6.45, 7) is 12.5. The van der Waals surface area contributed by atoms with Gasteiger partial charge in [0.2, 0.25) is 5.91 Å². The molecule has 2 N–H and O–H groups in total. The summed E-state index contributed by atoms with van der Waals surface area (Å²) < 4.78 is 7.33. The Balaban J connectivity index is 1.71. The minimum absolute atomic E-state index is 0.0398. The number of benzene rings is 1. The highest BCUT2D eigenvalue weighted by atomic mass is 16.5. The zero-order valence-corrected chi connectivity index (χ0v) is 19.7. The highest BCUT2D eigenvalue weighted by molar-refractivity contribution is 5.79. The van der Waals surface area contributed by atoms with Crippen LogP contribution in [0.1, 0.15) is 65.6 Å². The molecule has 1 aromatic carbocycles. The molecule has 1 unspecified atom stereocenters. The first-order valence-electron chi connectivity index (χ1n) is 11.2. The molecule has 0 spiro atoms. The molecule has 2 atom stereocenters. The lowest BCUT2D eigenvalue weighted by Gasteiger charge is -2.36. The van der Waals surface area contributed by atoms with Crippen molar-refractivity contribution in [1.29, 1.82) is 0 Å². The van der Waals surface area contributed by atoms with E-state index in [0.29, 0.717) is 18.8 Å². The molecular weight excluding hydrogens is 392 g/mol. The van der Waals surface area contributed by atoms with Crippen molar-refractivity contribution in [3.8, 4) is 5.75 Å². The number of hydrogen-bond acceptors (Lipinski definition) is 5. The summed E-state index contributed by atoms with van der Waals surface area (Å²) in [5, 5.41) is 23.1. The number of fused-ring (bicyclic) bond motifs is 1. The molecule has 3 rings (SSSR count). The maximum Gasteiger partial charge on any atom is 0.247 e. The average Bonchev–Trinajstić information content (AvgIpc) is 3.00. The number of rotatable bonds is 7. The monoisotopic (exact) mass is 428 g/mol. The highest BCUT2D eigenvalue weighted by Crippen LogP contribution is 2.40. The number of aromatic nitrogens is 2. The van der Waals surface area contributed by atoms with Gasteiger partial charge in [-0.2, -0.15) is 5.10 Å². The molecule has 1 aliphatic rings. The van der Waals surface area contributed by atoms with Gasteiger partial charge < -0.3 is 14.9 Å². The Morgan fingerprint density at radius 2 is 1.94 bits per heavy atom. The lowest BCUT2D eigenvalue weighted by molar-refractivity contribution is 0.0531. The van der Waals surface area contributed by atoms with E-state index >= 15 is 0 Å². The number of carbonyl (C=O) groups is 1. The summed E-state index contributed by atoms with van der Waals surface area (Å²) in [5.74, 6) is 1.26. The molecule has 6 heteroatoms. The molecule has 1 aliphatic carbocycles. The molecule has 0 aliphatic heterocycles. The van der Waals surface area contributed by atoms with Crippen LogP contribution in [0.25, 0.3) is 0 Å². The molecule has 1 aromatic heterocycles. The molecule has 31 heavy (non-hydrogen) atoms. The molecule has 0 saturated heterocycles. The first kappa shape index (κ1) is 23.5. The number of hydrogen-bond donors (Lipinski definition) is 2. The summed E-state index contributed by atoms with van der Waals surface area (Å²) >= 11 is 0. The van der Waals surface area contributed by atoms with Crippen LogP contribution >= 0.6 is 0 Å². The van der Waals surface area contributed by atoms with Crippen molar-refractivity contribution in [1.82, 2.24) is 9.78 Å². The van der Waals surface area contributed by atoms with E-state index in [1.807, 2.05) is 32.9 Å². The minimum atomic E-state index is -0.896. The molecule has 1 heterocycles. The molecule has 0 amide bonds. The van der Waals surface area contributed by atoms with Crippen molar-refractivity contribution in [3.05, 3.63) is 45.8 Å². The Labute approximate surface area is 185 Å². The van der Waals surface area contributed by atoms with Gasteiger partial charge in [0, 0.05) is 6.42 Å². The summed E-state index contributed by atoms with van der Waals surface area (Å²) in [6.07, 6.45) is 1.99. The van der Waals surface area contributed by atoms with Gasteiger partial charge in [-0.3, -0.25) is 4.79 Å². The SMILES string of the molecule is Cc1cc(CCC(=O)n2nc(C)c3c2C[C@@H](C)C(C)(C)C3)cc(C)c1OCC(O)CO. The number of nitrogens with zero attached hydrogens (tertiary/aromatic N) is 2. The Morgan fingerprint density at radius 3 is 2.55 bits per heavy atom. The smallest absolute Gasteiger partial charge is 0.247 e. The number of aliphatic hydroxyl groups excluding tert-OH is 2. The molecule has 0 saturated carbocycles. The first-order chi connectivity index (χ1) is 14.5. The van der Waals surface area contributed by atoms with Gasteiger partial charge in [-0.25, -0.2) is 4.68 Å². The Hall–Kier alpha value is -2.18. The van der Waals surface area contributed by atoms with E-state index in [1.54, 1.807) is 4.68 Å². The highest BCUT2D eigenvalue weighted by Gasteiger charge is 2.36. The lowest BCUT2D eigenvalue weighted by Crippen LogP contribution is -2.32. The van der Waals surface area contributed by atoms with E-state index in [4.69, 9.17) is 9.84 Å². The second-order valence-electron chi connectivity index (χ2n) is 9.79. The fourth-order valence-corrected chi connectivity index (χ4v) is 4.45. The number of carbonyl (C=O) groups excluding carboxylic acids is 1. The van der Waals surface area contributed by atoms with E-state index in [2.05, 4.69) is 25.9 Å². The molecule has 0 fully saturated rings. The topological polar surface area (TPSA) is 84.6 Å². The zero-order chi connectivity index (χ0) is 22.9. The fraction of sp³-hybridized carbons (Fsp3) is 0.600. The molecular formula is C25H36N2O4. The summed E-state index contributed by atoms with van der Waals surface area (Å²) in [7, 11) is 0. The van der Waals surface area contributed by atoms with Gasteiger partial charge in [-0.1, -0.05) is 32.9 Å². The van der Waals surface area contributed by atoms with Gasteiger partial charge in [-0.05, 0) is 73.6 Å².